The van der Waals surface area contributed by atoms with Crippen LogP contribution in [0.15, 0.2) is 60.8 Å². The van der Waals surface area contributed by atoms with Gasteiger partial charge in [-0.3, -0.25) is 14.4 Å². The number of benzene rings is 2. The first kappa shape index (κ1) is 24.5. The lowest BCUT2D eigenvalue weighted by atomic mass is 9.80. The number of nitrogens with one attached hydrogen (secondary N) is 2. The maximum atomic E-state index is 13.7. The molecular weight excluding hydrogens is 444 g/mol. The Morgan fingerprint density at radius 3 is 2.51 bits per heavy atom. The van der Waals surface area contributed by atoms with Crippen LogP contribution in [0.4, 0.5) is 0 Å². The van der Waals surface area contributed by atoms with Crippen LogP contribution in [0.1, 0.15) is 37.3 Å². The molecule has 8 nitrogen and oxygen atoms in total. The fraction of sp³-hybridized carbons (Fsp3) is 0.370. The van der Waals surface area contributed by atoms with Gasteiger partial charge in [0.1, 0.15) is 6.04 Å². The van der Waals surface area contributed by atoms with Crippen molar-refractivity contribution in [1.82, 2.24) is 15.2 Å². The van der Waals surface area contributed by atoms with E-state index < -0.39 is 29.4 Å². The number of carbonyl (C=O) groups is 3. The van der Waals surface area contributed by atoms with Crippen LogP contribution in [-0.4, -0.2) is 57.4 Å². The van der Waals surface area contributed by atoms with Crippen LogP contribution in [0.5, 0.6) is 0 Å². The summed E-state index contributed by atoms with van der Waals surface area (Å²) in [5, 5.41) is 13.8. The Bertz CT molecular complexity index is 1210. The Kier molecular flexibility index (Phi) is 6.93. The van der Waals surface area contributed by atoms with E-state index in [0.717, 1.165) is 22.0 Å². The minimum absolute atomic E-state index is 0.0833. The second kappa shape index (κ2) is 9.92. The zero-order valence-corrected chi connectivity index (χ0v) is 20.0. The van der Waals surface area contributed by atoms with Gasteiger partial charge in [0, 0.05) is 42.5 Å². The van der Waals surface area contributed by atoms with E-state index >= 15 is 0 Å². The molecule has 2 aromatic carbocycles. The molecule has 184 valence electrons. The number of carbonyl (C=O) groups excluding carboxylic acids is 2. The molecule has 0 saturated carbocycles. The summed E-state index contributed by atoms with van der Waals surface area (Å²) in [6.45, 7) is 3.66. The van der Waals surface area contributed by atoms with Crippen molar-refractivity contribution in [2.75, 3.05) is 13.1 Å². The number of rotatable bonds is 7. The summed E-state index contributed by atoms with van der Waals surface area (Å²) in [5.41, 5.74) is 7.62. The quantitative estimate of drug-likeness (QED) is 0.417. The van der Waals surface area contributed by atoms with Crippen molar-refractivity contribution in [1.29, 1.82) is 0 Å². The molecule has 1 aromatic heterocycles. The lowest BCUT2D eigenvalue weighted by Crippen LogP contribution is -2.58. The van der Waals surface area contributed by atoms with Crippen LogP contribution in [0, 0.1) is 5.92 Å². The number of H-pyrrole nitrogens is 1. The van der Waals surface area contributed by atoms with E-state index in [0.29, 0.717) is 13.0 Å². The fourth-order valence-electron chi connectivity index (χ4n) is 4.79. The number of piperidine rings is 1. The lowest BCUT2D eigenvalue weighted by molar-refractivity contribution is -0.148. The van der Waals surface area contributed by atoms with Crippen molar-refractivity contribution in [2.24, 2.45) is 11.7 Å². The Balaban J connectivity index is 1.58. The maximum absolute atomic E-state index is 13.7. The highest BCUT2D eigenvalue weighted by molar-refractivity contribution is 5.93. The number of hydrogen-bond donors (Lipinski definition) is 4. The number of amides is 2. The molecule has 0 radical (unpaired) electrons. The molecule has 4 rings (SSSR count). The third kappa shape index (κ3) is 5.38. The average molecular weight is 477 g/mol. The van der Waals surface area contributed by atoms with Gasteiger partial charge in [0.15, 0.2) is 0 Å². The van der Waals surface area contributed by atoms with Crippen LogP contribution < -0.4 is 11.1 Å². The number of aromatic nitrogens is 1. The van der Waals surface area contributed by atoms with E-state index in [1.165, 1.54) is 0 Å². The van der Waals surface area contributed by atoms with Gasteiger partial charge in [-0.2, -0.15) is 0 Å². The van der Waals surface area contributed by atoms with Gasteiger partial charge in [-0.05, 0) is 37.5 Å². The summed E-state index contributed by atoms with van der Waals surface area (Å²) < 4.78 is 0. The highest BCUT2D eigenvalue weighted by Gasteiger charge is 2.39. The van der Waals surface area contributed by atoms with E-state index in [9.17, 15) is 19.5 Å². The summed E-state index contributed by atoms with van der Waals surface area (Å²) in [4.78, 5) is 43.4. The van der Waals surface area contributed by atoms with Crippen LogP contribution in [0.3, 0.4) is 0 Å². The van der Waals surface area contributed by atoms with Crippen LogP contribution >= 0.6 is 0 Å². The van der Waals surface area contributed by atoms with E-state index in [1.54, 1.807) is 18.7 Å². The number of aromatic amines is 1. The van der Waals surface area contributed by atoms with E-state index in [4.69, 9.17) is 5.73 Å². The van der Waals surface area contributed by atoms with Crippen molar-refractivity contribution in [3.63, 3.8) is 0 Å². The standard InChI is InChI=1S/C27H32N4O4/c1-27(2,28)26(35)30-23(14-18-15-29-22-11-7-6-10-20(18)22)24(32)31-13-12-19(21(16-31)25(33)34)17-8-4-3-5-9-17/h3-11,15,19,21,23,29H,12-14,16,28H2,1-2H3,(H,30,35)(H,33,34)/t19?,21?,23-/m1/s1. The number of likely N-dealkylation sites (tertiary alicyclic amines) is 1. The molecule has 2 heterocycles. The summed E-state index contributed by atoms with van der Waals surface area (Å²) in [7, 11) is 0. The highest BCUT2D eigenvalue weighted by Crippen LogP contribution is 2.33. The van der Waals surface area contributed by atoms with Crippen LogP contribution in [0.2, 0.25) is 0 Å². The number of fused-ring (bicyclic) bond motifs is 1. The molecule has 0 spiro atoms. The van der Waals surface area contributed by atoms with Gasteiger partial charge in [-0.15, -0.1) is 0 Å². The van der Waals surface area contributed by atoms with Crippen molar-refractivity contribution in [2.45, 2.75) is 44.2 Å². The lowest BCUT2D eigenvalue weighted by Gasteiger charge is -2.38. The maximum Gasteiger partial charge on any atom is 0.308 e. The summed E-state index contributed by atoms with van der Waals surface area (Å²) in [5.74, 6) is -2.58. The van der Waals surface area contributed by atoms with E-state index in [2.05, 4.69) is 10.3 Å². The molecular formula is C27H32N4O4. The fourth-order valence-corrected chi connectivity index (χ4v) is 4.79. The molecule has 2 unspecified atom stereocenters. The van der Waals surface area contributed by atoms with Gasteiger partial charge in [0.05, 0.1) is 11.5 Å². The van der Waals surface area contributed by atoms with Crippen molar-refractivity contribution < 1.29 is 19.5 Å². The Morgan fingerprint density at radius 2 is 1.83 bits per heavy atom. The molecule has 8 heteroatoms. The average Bonchev–Trinajstić information content (AvgIpc) is 3.25. The number of nitrogens with zero attached hydrogens (tertiary/aromatic N) is 1. The number of hydrogen-bond acceptors (Lipinski definition) is 4. The predicted molar refractivity (Wildman–Crippen MR) is 134 cm³/mol. The van der Waals surface area contributed by atoms with Crippen LogP contribution in [-0.2, 0) is 20.8 Å². The molecule has 2 amide bonds. The second-order valence-electron chi connectivity index (χ2n) is 9.85. The van der Waals surface area contributed by atoms with E-state index in [1.807, 2.05) is 60.8 Å². The molecule has 3 aromatic rings. The number of nitrogens with two attached hydrogens (primary N) is 1. The smallest absolute Gasteiger partial charge is 0.308 e. The normalized spacial score (nSPS) is 19.3. The minimum atomic E-state index is -1.16. The Hall–Kier alpha value is -3.65. The summed E-state index contributed by atoms with van der Waals surface area (Å²) in [6, 6.07) is 16.4. The zero-order chi connectivity index (χ0) is 25.2. The largest absolute Gasteiger partial charge is 0.481 e. The van der Waals surface area contributed by atoms with Crippen molar-refractivity contribution >= 4 is 28.7 Å². The van der Waals surface area contributed by atoms with E-state index in [-0.39, 0.29) is 24.8 Å². The van der Waals surface area contributed by atoms with Gasteiger partial charge >= 0.3 is 5.97 Å². The van der Waals surface area contributed by atoms with Gasteiger partial charge in [0.2, 0.25) is 11.8 Å². The molecule has 3 atom stereocenters. The Morgan fingerprint density at radius 1 is 1.14 bits per heavy atom. The van der Waals surface area contributed by atoms with Crippen molar-refractivity contribution in [3.05, 3.63) is 71.9 Å². The molecule has 35 heavy (non-hydrogen) atoms. The molecule has 1 aliphatic rings. The summed E-state index contributed by atoms with van der Waals surface area (Å²) in [6.07, 6.45) is 2.64. The molecule has 0 bridgehead atoms. The molecule has 1 fully saturated rings. The third-order valence-electron chi connectivity index (χ3n) is 6.76. The Labute approximate surface area is 204 Å². The molecule has 5 N–H and O–H groups in total. The first-order valence-electron chi connectivity index (χ1n) is 11.9. The van der Waals surface area contributed by atoms with Gasteiger partial charge in [-0.25, -0.2) is 0 Å². The summed E-state index contributed by atoms with van der Waals surface area (Å²) >= 11 is 0. The number of para-hydroxylation sites is 1. The first-order chi connectivity index (χ1) is 16.6. The number of carboxylic acids is 1. The van der Waals surface area contributed by atoms with Crippen LogP contribution in [0.25, 0.3) is 10.9 Å². The zero-order valence-electron chi connectivity index (χ0n) is 20.0. The van der Waals surface area contributed by atoms with Gasteiger partial charge in [-0.1, -0.05) is 48.5 Å². The third-order valence-corrected chi connectivity index (χ3v) is 6.76. The SMILES string of the molecule is CC(C)(N)C(=O)N[C@H](Cc1c[nH]c2ccccc12)C(=O)N1CCC(c2ccccc2)C(C(=O)O)C1. The highest BCUT2D eigenvalue weighted by atomic mass is 16.4. The number of carboxylic acid groups (broad SMARTS) is 1. The van der Waals surface area contributed by atoms with Gasteiger partial charge < -0.3 is 26.0 Å². The monoisotopic (exact) mass is 476 g/mol. The number of aliphatic carboxylic acids is 1. The topological polar surface area (TPSA) is 129 Å². The second-order valence-corrected chi connectivity index (χ2v) is 9.85. The minimum Gasteiger partial charge on any atom is -0.481 e. The van der Waals surface area contributed by atoms with Crippen molar-refractivity contribution in [3.8, 4) is 0 Å². The predicted octanol–water partition coefficient (Wildman–Crippen LogP) is 2.65. The molecule has 1 aliphatic heterocycles. The molecule has 1 saturated heterocycles. The van der Waals surface area contributed by atoms with Gasteiger partial charge in [0.25, 0.3) is 0 Å². The molecule has 0 aliphatic carbocycles. The first-order valence-corrected chi connectivity index (χ1v) is 11.9.